The molecule has 0 atom stereocenters. The highest BCUT2D eigenvalue weighted by atomic mass is 32.1. The molecule has 0 aliphatic rings. The Hall–Kier alpha value is -2.07. The van der Waals surface area contributed by atoms with E-state index in [0.717, 1.165) is 29.0 Å². The molecule has 0 bridgehead atoms. The van der Waals surface area contributed by atoms with Gasteiger partial charge in [0, 0.05) is 4.88 Å². The minimum Gasteiger partial charge on any atom is -0.494 e. The second-order valence-corrected chi connectivity index (χ2v) is 5.56. The standard InChI is InChI=1S/C17H18O3S/c1-2-3-10-20-14-8-6-13(7-9-14)12-15(17(18)19)16-5-4-11-21-16/h4-9,11-12H,2-3,10H2,1H3,(H,18,19)/b15-12-. The number of carboxylic acid groups (broad SMARTS) is 1. The highest BCUT2D eigenvalue weighted by molar-refractivity contribution is 7.11. The van der Waals surface area contributed by atoms with Crippen LogP contribution in [-0.4, -0.2) is 17.7 Å². The molecule has 21 heavy (non-hydrogen) atoms. The van der Waals surface area contributed by atoms with E-state index in [9.17, 15) is 9.90 Å². The fourth-order valence-electron chi connectivity index (χ4n) is 1.83. The van der Waals surface area contributed by atoms with E-state index < -0.39 is 5.97 Å². The third-order valence-corrected chi connectivity index (χ3v) is 3.88. The van der Waals surface area contributed by atoms with Gasteiger partial charge < -0.3 is 9.84 Å². The third-order valence-electron chi connectivity index (χ3n) is 2.97. The molecule has 0 spiro atoms. The molecule has 110 valence electrons. The second-order valence-electron chi connectivity index (χ2n) is 4.61. The van der Waals surface area contributed by atoms with E-state index in [1.54, 1.807) is 6.08 Å². The molecule has 4 heteroatoms. The molecular formula is C17H18O3S. The molecule has 2 aromatic rings. The lowest BCUT2D eigenvalue weighted by molar-refractivity contribution is -0.130. The van der Waals surface area contributed by atoms with E-state index in [1.165, 1.54) is 11.3 Å². The summed E-state index contributed by atoms with van der Waals surface area (Å²) < 4.78 is 5.59. The van der Waals surface area contributed by atoms with Gasteiger partial charge in [-0.05, 0) is 41.6 Å². The number of benzene rings is 1. The van der Waals surface area contributed by atoms with Crippen LogP contribution in [0.3, 0.4) is 0 Å². The first-order valence-corrected chi connectivity index (χ1v) is 7.80. The Labute approximate surface area is 128 Å². The Bertz CT molecular complexity index is 597. The SMILES string of the molecule is CCCCOc1ccc(/C=C(\C(=O)O)c2cccs2)cc1. The lowest BCUT2D eigenvalue weighted by Crippen LogP contribution is -1.98. The van der Waals surface area contributed by atoms with Crippen LogP contribution in [-0.2, 0) is 4.79 Å². The Morgan fingerprint density at radius 1 is 1.29 bits per heavy atom. The van der Waals surface area contributed by atoms with Gasteiger partial charge in [0.1, 0.15) is 5.75 Å². The van der Waals surface area contributed by atoms with Crippen molar-refractivity contribution in [2.45, 2.75) is 19.8 Å². The molecular weight excluding hydrogens is 284 g/mol. The van der Waals surface area contributed by atoms with Crippen LogP contribution < -0.4 is 4.74 Å². The average molecular weight is 302 g/mol. The van der Waals surface area contributed by atoms with E-state index in [1.807, 2.05) is 41.8 Å². The van der Waals surface area contributed by atoms with Gasteiger partial charge in [-0.3, -0.25) is 0 Å². The van der Waals surface area contributed by atoms with E-state index in [0.29, 0.717) is 12.2 Å². The predicted molar refractivity (Wildman–Crippen MR) is 86.7 cm³/mol. The Morgan fingerprint density at radius 2 is 2.05 bits per heavy atom. The van der Waals surface area contributed by atoms with E-state index in [4.69, 9.17) is 4.74 Å². The fraction of sp³-hybridized carbons (Fsp3) is 0.235. The number of carbonyl (C=O) groups is 1. The zero-order chi connectivity index (χ0) is 15.1. The Morgan fingerprint density at radius 3 is 2.62 bits per heavy atom. The summed E-state index contributed by atoms with van der Waals surface area (Å²) in [6.07, 6.45) is 3.82. The molecule has 1 aromatic carbocycles. The molecule has 0 unspecified atom stereocenters. The summed E-state index contributed by atoms with van der Waals surface area (Å²) in [4.78, 5) is 12.1. The highest BCUT2D eigenvalue weighted by Crippen LogP contribution is 2.24. The summed E-state index contributed by atoms with van der Waals surface area (Å²) in [5.41, 5.74) is 1.16. The smallest absolute Gasteiger partial charge is 0.337 e. The number of aliphatic carboxylic acids is 1. The maximum atomic E-state index is 11.4. The zero-order valence-corrected chi connectivity index (χ0v) is 12.7. The first-order valence-electron chi connectivity index (χ1n) is 6.92. The third kappa shape index (κ3) is 4.46. The topological polar surface area (TPSA) is 46.5 Å². The molecule has 0 amide bonds. The van der Waals surface area contributed by atoms with Crippen LogP contribution in [0, 0.1) is 0 Å². The average Bonchev–Trinajstić information content (AvgIpc) is 3.00. The zero-order valence-electron chi connectivity index (χ0n) is 11.9. The minimum absolute atomic E-state index is 0.310. The van der Waals surface area contributed by atoms with Crippen molar-refractivity contribution in [2.24, 2.45) is 0 Å². The maximum absolute atomic E-state index is 11.4. The van der Waals surface area contributed by atoms with Crippen LogP contribution in [0.1, 0.15) is 30.2 Å². The van der Waals surface area contributed by atoms with Crippen LogP contribution in [0.2, 0.25) is 0 Å². The van der Waals surface area contributed by atoms with E-state index in [-0.39, 0.29) is 0 Å². The van der Waals surface area contributed by atoms with Crippen molar-refractivity contribution in [1.82, 2.24) is 0 Å². The van der Waals surface area contributed by atoms with Crippen LogP contribution in [0.25, 0.3) is 11.6 Å². The van der Waals surface area contributed by atoms with Gasteiger partial charge in [0.2, 0.25) is 0 Å². The van der Waals surface area contributed by atoms with Crippen molar-refractivity contribution in [2.75, 3.05) is 6.61 Å². The van der Waals surface area contributed by atoms with Crippen LogP contribution in [0.5, 0.6) is 5.75 Å². The summed E-state index contributed by atoms with van der Waals surface area (Å²) in [6.45, 7) is 2.83. The number of unbranched alkanes of at least 4 members (excludes halogenated alkanes) is 1. The molecule has 1 aromatic heterocycles. The number of carboxylic acids is 1. The fourth-order valence-corrected chi connectivity index (χ4v) is 2.57. The largest absolute Gasteiger partial charge is 0.494 e. The minimum atomic E-state index is -0.916. The summed E-state index contributed by atoms with van der Waals surface area (Å²) >= 11 is 1.42. The summed E-state index contributed by atoms with van der Waals surface area (Å²) in [5.74, 6) is -0.102. The Kier molecular flexibility index (Phi) is 5.58. The van der Waals surface area contributed by atoms with Crippen LogP contribution >= 0.6 is 11.3 Å². The molecule has 2 rings (SSSR count). The van der Waals surface area contributed by atoms with Gasteiger partial charge in [0.05, 0.1) is 12.2 Å². The van der Waals surface area contributed by atoms with Crippen LogP contribution in [0.4, 0.5) is 0 Å². The lowest BCUT2D eigenvalue weighted by atomic mass is 10.1. The molecule has 0 saturated carbocycles. The van der Waals surface area contributed by atoms with Gasteiger partial charge in [-0.15, -0.1) is 11.3 Å². The van der Waals surface area contributed by atoms with Gasteiger partial charge in [-0.1, -0.05) is 31.5 Å². The maximum Gasteiger partial charge on any atom is 0.337 e. The van der Waals surface area contributed by atoms with Crippen molar-refractivity contribution < 1.29 is 14.6 Å². The second kappa shape index (κ2) is 7.64. The molecule has 0 aliphatic carbocycles. The summed E-state index contributed by atoms with van der Waals surface area (Å²) in [5, 5.41) is 11.2. The van der Waals surface area contributed by atoms with Crippen molar-refractivity contribution in [3.05, 3.63) is 52.2 Å². The van der Waals surface area contributed by atoms with Gasteiger partial charge in [0.25, 0.3) is 0 Å². The molecule has 0 radical (unpaired) electrons. The van der Waals surface area contributed by atoms with Gasteiger partial charge in [0.15, 0.2) is 0 Å². The van der Waals surface area contributed by atoms with Crippen molar-refractivity contribution in [3.63, 3.8) is 0 Å². The van der Waals surface area contributed by atoms with Crippen molar-refractivity contribution in [3.8, 4) is 5.75 Å². The number of rotatable bonds is 7. The van der Waals surface area contributed by atoms with E-state index in [2.05, 4.69) is 6.92 Å². The van der Waals surface area contributed by atoms with Gasteiger partial charge >= 0.3 is 5.97 Å². The molecule has 1 heterocycles. The number of hydrogen-bond donors (Lipinski definition) is 1. The number of ether oxygens (including phenoxy) is 1. The summed E-state index contributed by atoms with van der Waals surface area (Å²) in [7, 11) is 0. The van der Waals surface area contributed by atoms with E-state index >= 15 is 0 Å². The number of hydrogen-bond acceptors (Lipinski definition) is 3. The highest BCUT2D eigenvalue weighted by Gasteiger charge is 2.11. The molecule has 0 fully saturated rings. The van der Waals surface area contributed by atoms with Crippen molar-refractivity contribution in [1.29, 1.82) is 0 Å². The molecule has 1 N–H and O–H groups in total. The van der Waals surface area contributed by atoms with Crippen molar-refractivity contribution >= 4 is 29.0 Å². The molecule has 3 nitrogen and oxygen atoms in total. The first-order chi connectivity index (χ1) is 10.2. The molecule has 0 saturated heterocycles. The normalized spacial score (nSPS) is 11.4. The Balaban J connectivity index is 2.13. The monoisotopic (exact) mass is 302 g/mol. The summed E-state index contributed by atoms with van der Waals surface area (Å²) in [6, 6.07) is 11.1. The quantitative estimate of drug-likeness (QED) is 0.603. The van der Waals surface area contributed by atoms with Gasteiger partial charge in [-0.25, -0.2) is 4.79 Å². The predicted octanol–water partition coefficient (Wildman–Crippen LogP) is 4.55. The van der Waals surface area contributed by atoms with Gasteiger partial charge in [-0.2, -0.15) is 0 Å². The lowest BCUT2D eigenvalue weighted by Gasteiger charge is -2.05. The van der Waals surface area contributed by atoms with Crippen LogP contribution in [0.15, 0.2) is 41.8 Å². The number of thiophene rings is 1. The molecule has 0 aliphatic heterocycles. The first kappa shape index (κ1) is 15.3.